The molecule has 6 heteroatoms. The Labute approximate surface area is 154 Å². The summed E-state index contributed by atoms with van der Waals surface area (Å²) in [5, 5.41) is 0. The minimum Gasteiger partial charge on any atom is -0.341 e. The Kier molecular flexibility index (Phi) is 7.26. The molecule has 0 aromatic carbocycles. The highest BCUT2D eigenvalue weighted by atomic mass is 16.2. The Balaban J connectivity index is 2.01. The normalized spacial score (nSPS) is 10.4. The highest BCUT2D eigenvalue weighted by molar-refractivity contribution is 5.98. The van der Waals surface area contributed by atoms with Crippen LogP contribution in [0.5, 0.6) is 0 Å². The van der Waals surface area contributed by atoms with Crippen LogP contribution in [0.2, 0.25) is 0 Å². The molecule has 2 heterocycles. The second kappa shape index (κ2) is 9.65. The SMILES string of the molecule is CCCCN(C)C(=O)c1cc(C(=O)N(C)CCc2ccncc2)ccn1. The summed E-state index contributed by atoms with van der Waals surface area (Å²) in [6.45, 7) is 3.35. The van der Waals surface area contributed by atoms with E-state index in [4.69, 9.17) is 0 Å². The molecule has 26 heavy (non-hydrogen) atoms. The van der Waals surface area contributed by atoms with Crippen LogP contribution in [0.3, 0.4) is 0 Å². The molecule has 0 saturated heterocycles. The second-order valence-corrected chi connectivity index (χ2v) is 6.34. The first kappa shape index (κ1) is 19.6. The Morgan fingerprint density at radius 3 is 2.35 bits per heavy atom. The van der Waals surface area contributed by atoms with Crippen LogP contribution in [0, 0.1) is 0 Å². The van der Waals surface area contributed by atoms with Gasteiger partial charge in [0.15, 0.2) is 0 Å². The van der Waals surface area contributed by atoms with Gasteiger partial charge in [-0.1, -0.05) is 13.3 Å². The lowest BCUT2D eigenvalue weighted by Crippen LogP contribution is -2.30. The molecule has 0 fully saturated rings. The van der Waals surface area contributed by atoms with Gasteiger partial charge in [0.05, 0.1) is 0 Å². The van der Waals surface area contributed by atoms with Crippen molar-refractivity contribution in [3.63, 3.8) is 0 Å². The zero-order chi connectivity index (χ0) is 18.9. The van der Waals surface area contributed by atoms with Gasteiger partial charge in [0.25, 0.3) is 11.8 Å². The van der Waals surface area contributed by atoms with Gasteiger partial charge in [-0.15, -0.1) is 0 Å². The van der Waals surface area contributed by atoms with Crippen molar-refractivity contribution in [3.05, 3.63) is 59.7 Å². The van der Waals surface area contributed by atoms with E-state index in [0.717, 1.165) is 24.8 Å². The van der Waals surface area contributed by atoms with Crippen molar-refractivity contribution in [3.8, 4) is 0 Å². The molecule has 2 amide bonds. The van der Waals surface area contributed by atoms with Gasteiger partial charge in [0.2, 0.25) is 0 Å². The highest BCUT2D eigenvalue weighted by Crippen LogP contribution is 2.09. The van der Waals surface area contributed by atoms with Gasteiger partial charge >= 0.3 is 0 Å². The summed E-state index contributed by atoms with van der Waals surface area (Å²) in [5.41, 5.74) is 1.91. The molecule has 0 bridgehead atoms. The number of pyridine rings is 2. The number of rotatable bonds is 8. The number of aromatic nitrogens is 2. The van der Waals surface area contributed by atoms with Crippen LogP contribution >= 0.6 is 0 Å². The van der Waals surface area contributed by atoms with Crippen LogP contribution in [0.1, 0.15) is 46.2 Å². The van der Waals surface area contributed by atoms with Crippen LogP contribution in [0.15, 0.2) is 42.9 Å². The van der Waals surface area contributed by atoms with Gasteiger partial charge in [-0.25, -0.2) is 0 Å². The monoisotopic (exact) mass is 354 g/mol. The molecule has 0 aliphatic carbocycles. The maximum atomic E-state index is 12.6. The lowest BCUT2D eigenvalue weighted by atomic mass is 10.1. The highest BCUT2D eigenvalue weighted by Gasteiger charge is 2.17. The van der Waals surface area contributed by atoms with E-state index < -0.39 is 0 Å². The van der Waals surface area contributed by atoms with Gasteiger partial charge < -0.3 is 9.80 Å². The quantitative estimate of drug-likeness (QED) is 0.731. The maximum Gasteiger partial charge on any atom is 0.272 e. The first-order chi connectivity index (χ1) is 12.5. The Morgan fingerprint density at radius 2 is 1.65 bits per heavy atom. The molecule has 2 aromatic rings. The van der Waals surface area contributed by atoms with Crippen LogP contribution in [0.25, 0.3) is 0 Å². The van der Waals surface area contributed by atoms with Crippen molar-refractivity contribution in [1.82, 2.24) is 19.8 Å². The molecule has 0 saturated carbocycles. The summed E-state index contributed by atoms with van der Waals surface area (Å²) >= 11 is 0. The Hall–Kier alpha value is -2.76. The van der Waals surface area contributed by atoms with E-state index in [1.165, 1.54) is 6.20 Å². The minimum atomic E-state index is -0.160. The third-order valence-corrected chi connectivity index (χ3v) is 4.25. The molecule has 0 aliphatic heterocycles. The smallest absolute Gasteiger partial charge is 0.272 e. The van der Waals surface area contributed by atoms with Crippen molar-refractivity contribution >= 4 is 11.8 Å². The van der Waals surface area contributed by atoms with Crippen LogP contribution in [-0.4, -0.2) is 58.8 Å². The largest absolute Gasteiger partial charge is 0.341 e. The Bertz CT molecular complexity index is 734. The molecule has 0 unspecified atom stereocenters. The van der Waals surface area contributed by atoms with Crippen molar-refractivity contribution in [2.45, 2.75) is 26.2 Å². The topological polar surface area (TPSA) is 66.4 Å². The van der Waals surface area contributed by atoms with E-state index in [0.29, 0.717) is 24.3 Å². The van der Waals surface area contributed by atoms with Gasteiger partial charge in [-0.3, -0.25) is 19.6 Å². The molecule has 6 nitrogen and oxygen atoms in total. The predicted molar refractivity (Wildman–Crippen MR) is 101 cm³/mol. The molecular formula is C20H26N4O2. The average Bonchev–Trinajstić information content (AvgIpc) is 2.69. The minimum absolute atomic E-state index is 0.119. The number of hydrogen-bond acceptors (Lipinski definition) is 4. The van der Waals surface area contributed by atoms with E-state index >= 15 is 0 Å². The van der Waals surface area contributed by atoms with E-state index in [1.807, 2.05) is 12.1 Å². The van der Waals surface area contributed by atoms with E-state index in [-0.39, 0.29) is 11.8 Å². The summed E-state index contributed by atoms with van der Waals surface area (Å²) in [4.78, 5) is 36.5. The molecule has 0 spiro atoms. The van der Waals surface area contributed by atoms with Gasteiger partial charge in [-0.2, -0.15) is 0 Å². The van der Waals surface area contributed by atoms with E-state index in [2.05, 4.69) is 16.9 Å². The molecule has 138 valence electrons. The number of likely N-dealkylation sites (N-methyl/N-ethyl adjacent to an activating group) is 1. The number of carbonyl (C=O) groups is 2. The summed E-state index contributed by atoms with van der Waals surface area (Å²) in [5.74, 6) is -0.278. The van der Waals surface area contributed by atoms with Crippen LogP contribution in [-0.2, 0) is 6.42 Å². The molecule has 2 aromatic heterocycles. The standard InChI is InChI=1S/C20H26N4O2/c1-4-5-13-23(2)20(26)18-15-17(8-12-22-18)19(25)24(3)14-9-16-6-10-21-11-7-16/h6-8,10-12,15H,4-5,9,13-14H2,1-3H3. The summed E-state index contributed by atoms with van der Waals surface area (Å²) in [6, 6.07) is 7.10. The average molecular weight is 354 g/mol. The molecule has 0 radical (unpaired) electrons. The summed E-state index contributed by atoms with van der Waals surface area (Å²) in [7, 11) is 3.52. The fourth-order valence-electron chi connectivity index (χ4n) is 2.54. The van der Waals surface area contributed by atoms with Crippen molar-refractivity contribution < 1.29 is 9.59 Å². The number of nitrogens with zero attached hydrogens (tertiary/aromatic N) is 4. The fraction of sp³-hybridized carbons (Fsp3) is 0.400. The summed E-state index contributed by atoms with van der Waals surface area (Å²) < 4.78 is 0. The second-order valence-electron chi connectivity index (χ2n) is 6.34. The molecule has 2 rings (SSSR count). The molecule has 0 aliphatic rings. The number of hydrogen-bond donors (Lipinski definition) is 0. The zero-order valence-corrected chi connectivity index (χ0v) is 15.7. The first-order valence-electron chi connectivity index (χ1n) is 8.88. The van der Waals surface area contributed by atoms with Crippen molar-refractivity contribution in [2.24, 2.45) is 0 Å². The van der Waals surface area contributed by atoms with Crippen molar-refractivity contribution in [1.29, 1.82) is 0 Å². The number of amides is 2. The lowest BCUT2D eigenvalue weighted by Gasteiger charge is -2.19. The maximum absolute atomic E-state index is 12.6. The van der Waals surface area contributed by atoms with Gasteiger partial charge in [-0.05, 0) is 42.7 Å². The number of unbranched alkanes of at least 4 members (excludes halogenated alkanes) is 1. The fourth-order valence-corrected chi connectivity index (χ4v) is 2.54. The van der Waals surface area contributed by atoms with Crippen LogP contribution < -0.4 is 0 Å². The van der Waals surface area contributed by atoms with Gasteiger partial charge in [0.1, 0.15) is 5.69 Å². The van der Waals surface area contributed by atoms with Gasteiger partial charge in [0, 0.05) is 51.3 Å². The van der Waals surface area contributed by atoms with Crippen LogP contribution in [0.4, 0.5) is 0 Å². The van der Waals surface area contributed by atoms with E-state index in [1.54, 1.807) is 48.4 Å². The van der Waals surface area contributed by atoms with Crippen molar-refractivity contribution in [2.75, 3.05) is 27.2 Å². The number of carbonyl (C=O) groups excluding carboxylic acids is 2. The molecule has 0 atom stereocenters. The third kappa shape index (κ3) is 5.37. The third-order valence-electron chi connectivity index (χ3n) is 4.25. The van der Waals surface area contributed by atoms with E-state index in [9.17, 15) is 9.59 Å². The zero-order valence-electron chi connectivity index (χ0n) is 15.7. The first-order valence-corrected chi connectivity index (χ1v) is 8.88. The Morgan fingerprint density at radius 1 is 0.962 bits per heavy atom. The predicted octanol–water partition coefficient (Wildman–Crippen LogP) is 2.66. The summed E-state index contributed by atoms with van der Waals surface area (Å²) in [6.07, 6.45) is 7.72. The molecule has 0 N–H and O–H groups in total. The molecular weight excluding hydrogens is 328 g/mol. The lowest BCUT2D eigenvalue weighted by molar-refractivity contribution is 0.0787.